The maximum atomic E-state index is 6.49. The molecule has 2 heterocycles. The smallest absolute Gasteiger partial charge is 0.159 e. The van der Waals surface area contributed by atoms with Gasteiger partial charge in [0.15, 0.2) is 5.58 Å². The van der Waals surface area contributed by atoms with Crippen LogP contribution in [0.2, 0.25) is 5.02 Å². The maximum Gasteiger partial charge on any atom is 0.159 e. The first-order valence-electron chi connectivity index (χ1n) is 10.9. The fourth-order valence-corrected chi connectivity index (χ4v) is 5.11. The quantitative estimate of drug-likeness (QED) is 0.288. The average Bonchev–Trinajstić information content (AvgIpc) is 3.25. The van der Waals surface area contributed by atoms with Gasteiger partial charge in [-0.1, -0.05) is 66.2 Å². The van der Waals surface area contributed by atoms with Crippen LogP contribution < -0.4 is 10.1 Å². The summed E-state index contributed by atoms with van der Waals surface area (Å²) in [5.74, 6) is 0.900. The van der Waals surface area contributed by atoms with Crippen molar-refractivity contribution in [2.45, 2.75) is 6.61 Å². The van der Waals surface area contributed by atoms with Gasteiger partial charge in [0.2, 0.25) is 0 Å². The molecule has 33 heavy (non-hydrogen) atoms. The Balaban J connectivity index is 1.62. The standard InChI is InChI=1S/C29H18ClNO2/c30-22-10-4-5-11-23(22)31-24-15-21-19(28-20-9-3-6-12-25(20)33-29(24)28)13-14-26-27(21)18-8-2-1-7-17(18)16-32-26/h1-15,31H,16H2. The van der Waals surface area contributed by atoms with Gasteiger partial charge in [0.25, 0.3) is 0 Å². The minimum atomic E-state index is 0.580. The zero-order valence-electron chi connectivity index (χ0n) is 17.6. The van der Waals surface area contributed by atoms with E-state index in [1.165, 1.54) is 11.1 Å². The van der Waals surface area contributed by atoms with Gasteiger partial charge in [0.05, 0.1) is 16.4 Å². The van der Waals surface area contributed by atoms with Crippen LogP contribution in [0, 0.1) is 0 Å². The third kappa shape index (κ3) is 2.76. The Kier molecular flexibility index (Phi) is 3.96. The van der Waals surface area contributed by atoms with E-state index in [4.69, 9.17) is 20.8 Å². The zero-order valence-corrected chi connectivity index (χ0v) is 18.3. The summed E-state index contributed by atoms with van der Waals surface area (Å²) in [5.41, 5.74) is 6.89. The van der Waals surface area contributed by atoms with Gasteiger partial charge in [-0.25, -0.2) is 0 Å². The lowest BCUT2D eigenvalue weighted by Crippen LogP contribution is -2.05. The van der Waals surface area contributed by atoms with Crippen molar-refractivity contribution < 1.29 is 9.15 Å². The normalized spacial score (nSPS) is 12.5. The molecule has 158 valence electrons. The van der Waals surface area contributed by atoms with E-state index in [9.17, 15) is 0 Å². The second-order valence-electron chi connectivity index (χ2n) is 8.31. The molecule has 5 aromatic carbocycles. The van der Waals surface area contributed by atoms with E-state index in [1.807, 2.05) is 42.5 Å². The minimum Gasteiger partial charge on any atom is -0.488 e. The average molecular weight is 448 g/mol. The van der Waals surface area contributed by atoms with Crippen LogP contribution >= 0.6 is 11.6 Å². The topological polar surface area (TPSA) is 34.4 Å². The molecule has 0 fully saturated rings. The predicted molar refractivity (Wildman–Crippen MR) is 136 cm³/mol. The highest BCUT2D eigenvalue weighted by Gasteiger charge is 2.23. The Bertz CT molecular complexity index is 1720. The van der Waals surface area contributed by atoms with Gasteiger partial charge >= 0.3 is 0 Å². The van der Waals surface area contributed by atoms with Crippen molar-refractivity contribution in [3.63, 3.8) is 0 Å². The summed E-state index contributed by atoms with van der Waals surface area (Å²) in [6, 6.07) is 30.8. The highest BCUT2D eigenvalue weighted by atomic mass is 35.5. The number of hydrogen-bond donors (Lipinski definition) is 1. The Morgan fingerprint density at radius 3 is 2.48 bits per heavy atom. The van der Waals surface area contributed by atoms with Crippen molar-refractivity contribution in [3.8, 4) is 16.9 Å². The summed E-state index contributed by atoms with van der Waals surface area (Å²) in [6.07, 6.45) is 0. The lowest BCUT2D eigenvalue weighted by Gasteiger charge is -2.23. The summed E-state index contributed by atoms with van der Waals surface area (Å²) >= 11 is 6.49. The van der Waals surface area contributed by atoms with Crippen LogP contribution in [-0.2, 0) is 6.61 Å². The molecule has 0 radical (unpaired) electrons. The van der Waals surface area contributed by atoms with E-state index in [-0.39, 0.29) is 0 Å². The van der Waals surface area contributed by atoms with Crippen LogP contribution in [0.5, 0.6) is 5.75 Å². The van der Waals surface area contributed by atoms with Gasteiger partial charge in [-0.2, -0.15) is 0 Å². The number of furan rings is 1. The molecule has 7 rings (SSSR count). The van der Waals surface area contributed by atoms with E-state index < -0.39 is 0 Å². The Morgan fingerprint density at radius 1 is 0.727 bits per heavy atom. The zero-order chi connectivity index (χ0) is 21.9. The minimum absolute atomic E-state index is 0.580. The number of rotatable bonds is 2. The van der Waals surface area contributed by atoms with Crippen LogP contribution in [0.4, 0.5) is 11.4 Å². The van der Waals surface area contributed by atoms with E-state index in [0.29, 0.717) is 11.6 Å². The first kappa shape index (κ1) is 18.6. The molecule has 0 bridgehead atoms. The highest BCUT2D eigenvalue weighted by molar-refractivity contribution is 6.33. The Labute approximate surface area is 195 Å². The number of halogens is 1. The van der Waals surface area contributed by atoms with Crippen LogP contribution in [0.1, 0.15) is 5.56 Å². The van der Waals surface area contributed by atoms with Crippen molar-refractivity contribution in [2.75, 3.05) is 5.32 Å². The van der Waals surface area contributed by atoms with Crippen LogP contribution in [0.25, 0.3) is 43.8 Å². The second-order valence-corrected chi connectivity index (χ2v) is 8.72. The van der Waals surface area contributed by atoms with Crippen molar-refractivity contribution in [1.82, 2.24) is 0 Å². The molecule has 6 aromatic rings. The number of nitrogens with one attached hydrogen (secondary N) is 1. The summed E-state index contributed by atoms with van der Waals surface area (Å²) in [6.45, 7) is 0.580. The number of fused-ring (bicyclic) bond motifs is 9. The van der Waals surface area contributed by atoms with Crippen LogP contribution in [-0.4, -0.2) is 0 Å². The predicted octanol–water partition coefficient (Wildman–Crippen LogP) is 8.70. The first-order valence-corrected chi connectivity index (χ1v) is 11.3. The summed E-state index contributed by atoms with van der Waals surface area (Å²) < 4.78 is 12.5. The molecule has 1 aromatic heterocycles. The van der Waals surface area contributed by atoms with Crippen LogP contribution in [0.3, 0.4) is 0 Å². The molecule has 0 saturated heterocycles. The fourth-order valence-electron chi connectivity index (χ4n) is 4.92. The molecule has 0 amide bonds. The number of para-hydroxylation sites is 2. The third-order valence-corrected chi connectivity index (χ3v) is 6.75. The number of ether oxygens (including phenoxy) is 1. The van der Waals surface area contributed by atoms with Gasteiger partial charge in [-0.3, -0.25) is 0 Å². The molecule has 4 heteroatoms. The largest absolute Gasteiger partial charge is 0.488 e. The van der Waals surface area contributed by atoms with Gasteiger partial charge in [0, 0.05) is 16.3 Å². The number of hydrogen-bond acceptors (Lipinski definition) is 3. The van der Waals surface area contributed by atoms with E-state index in [0.717, 1.165) is 55.4 Å². The number of benzene rings is 5. The van der Waals surface area contributed by atoms with E-state index in [2.05, 4.69) is 53.8 Å². The lowest BCUT2D eigenvalue weighted by atomic mass is 9.90. The molecule has 0 saturated carbocycles. The van der Waals surface area contributed by atoms with E-state index in [1.54, 1.807) is 0 Å². The van der Waals surface area contributed by atoms with Gasteiger partial charge in [-0.05, 0) is 58.3 Å². The van der Waals surface area contributed by atoms with Crippen molar-refractivity contribution >= 4 is 55.7 Å². The summed E-state index contributed by atoms with van der Waals surface area (Å²) in [5, 5.41) is 8.62. The molecule has 1 aliphatic heterocycles. The third-order valence-electron chi connectivity index (χ3n) is 6.42. The van der Waals surface area contributed by atoms with Gasteiger partial charge in [0.1, 0.15) is 17.9 Å². The lowest BCUT2D eigenvalue weighted by molar-refractivity contribution is 0.303. The molecular weight excluding hydrogens is 430 g/mol. The molecule has 0 atom stereocenters. The highest BCUT2D eigenvalue weighted by Crippen LogP contribution is 2.48. The van der Waals surface area contributed by atoms with Gasteiger partial charge in [-0.15, -0.1) is 0 Å². The monoisotopic (exact) mass is 447 g/mol. The summed E-state index contributed by atoms with van der Waals surface area (Å²) in [4.78, 5) is 0. The molecule has 3 nitrogen and oxygen atoms in total. The van der Waals surface area contributed by atoms with Crippen molar-refractivity contribution in [3.05, 3.63) is 102 Å². The molecule has 0 aliphatic carbocycles. The van der Waals surface area contributed by atoms with Crippen molar-refractivity contribution in [1.29, 1.82) is 0 Å². The van der Waals surface area contributed by atoms with Crippen molar-refractivity contribution in [2.24, 2.45) is 0 Å². The SMILES string of the molecule is Clc1ccccc1Nc1cc2c3c(ccc2c2c1oc1ccccc12)OCc1ccccc1-3. The maximum absolute atomic E-state index is 6.49. The second kappa shape index (κ2) is 7.03. The molecule has 0 unspecified atom stereocenters. The molecular formula is C29H18ClNO2. The Hall–Kier alpha value is -3.95. The molecule has 0 spiro atoms. The first-order chi connectivity index (χ1) is 16.3. The molecule has 1 N–H and O–H groups in total. The fraction of sp³-hybridized carbons (Fsp3) is 0.0345. The summed E-state index contributed by atoms with van der Waals surface area (Å²) in [7, 11) is 0. The van der Waals surface area contributed by atoms with E-state index >= 15 is 0 Å². The molecule has 1 aliphatic rings. The van der Waals surface area contributed by atoms with Gasteiger partial charge < -0.3 is 14.5 Å². The van der Waals surface area contributed by atoms with Crippen LogP contribution in [0.15, 0.2) is 95.4 Å². The Morgan fingerprint density at radius 2 is 1.55 bits per heavy atom. The number of anilines is 2.